The van der Waals surface area contributed by atoms with E-state index in [0.29, 0.717) is 24.2 Å². The molecule has 0 aromatic heterocycles. The summed E-state index contributed by atoms with van der Waals surface area (Å²) in [4.78, 5) is 41.5. The van der Waals surface area contributed by atoms with Crippen LogP contribution in [0.25, 0.3) is 0 Å². The van der Waals surface area contributed by atoms with E-state index in [2.05, 4.69) is 55.5 Å². The third-order valence-electron chi connectivity index (χ3n) is 4.64. The molecule has 0 heterocycles. The third-order valence-corrected chi connectivity index (χ3v) is 4.64. The molecule has 0 radical (unpaired) electrons. The second kappa shape index (κ2) is 36.8. The molecular weight excluding hydrogens is 528 g/mol. The van der Waals surface area contributed by atoms with E-state index in [4.69, 9.17) is 14.9 Å². The average molecular weight is 585 g/mol. The lowest BCUT2D eigenvalue weighted by atomic mass is 10.1. The number of carbonyl (C=O) groups is 4. The molecule has 0 saturated carbocycles. The summed E-state index contributed by atoms with van der Waals surface area (Å²) in [5.74, 6) is -1.75. The number of carboxylic acid groups (broad SMARTS) is 1. The molecule has 10 heteroatoms. The molecule has 0 saturated heterocycles. The van der Waals surface area contributed by atoms with Crippen molar-refractivity contribution in [2.45, 2.75) is 85.5 Å². The predicted octanol–water partition coefficient (Wildman–Crippen LogP) is 4.89. The summed E-state index contributed by atoms with van der Waals surface area (Å²) >= 11 is 0. The van der Waals surface area contributed by atoms with Gasteiger partial charge in [0.1, 0.15) is 6.61 Å². The summed E-state index contributed by atoms with van der Waals surface area (Å²) in [6, 6.07) is 0. The number of esters is 2. The van der Waals surface area contributed by atoms with E-state index in [1.54, 1.807) is 13.8 Å². The molecule has 0 aliphatic heterocycles. The van der Waals surface area contributed by atoms with Crippen LogP contribution in [0.5, 0.6) is 0 Å². The van der Waals surface area contributed by atoms with Crippen molar-refractivity contribution in [1.82, 2.24) is 10.6 Å². The van der Waals surface area contributed by atoms with Crippen molar-refractivity contribution >= 4 is 23.8 Å². The molecule has 0 aliphatic carbocycles. The van der Waals surface area contributed by atoms with Crippen molar-refractivity contribution in [3.8, 4) is 0 Å². The van der Waals surface area contributed by atoms with Crippen LogP contribution in [0.4, 0.5) is 0 Å². The molecule has 0 unspecified atom stereocenters. The number of carbonyl (C=O) groups excluding carboxylic acids is 3. The van der Waals surface area contributed by atoms with Gasteiger partial charge in [-0.05, 0) is 39.3 Å². The highest BCUT2D eigenvalue weighted by Gasteiger charge is 2.01. The largest absolute Gasteiger partial charge is 0.478 e. The van der Waals surface area contributed by atoms with E-state index in [1.165, 1.54) is 44.6 Å². The first kappa shape index (κ1) is 44.8. The summed E-state index contributed by atoms with van der Waals surface area (Å²) < 4.78 is 9.53. The van der Waals surface area contributed by atoms with Crippen molar-refractivity contribution in [2.24, 2.45) is 0 Å². The van der Waals surface area contributed by atoms with Crippen LogP contribution in [-0.4, -0.2) is 73.5 Å². The molecule has 41 heavy (non-hydrogen) atoms. The fourth-order valence-corrected chi connectivity index (χ4v) is 2.31. The van der Waals surface area contributed by atoms with Crippen molar-refractivity contribution in [3.63, 3.8) is 0 Å². The minimum absolute atomic E-state index is 0.0451. The lowest BCUT2D eigenvalue weighted by molar-refractivity contribution is -0.139. The molecular formula is C31H56N2O8. The quantitative estimate of drug-likeness (QED) is 0.0890. The van der Waals surface area contributed by atoms with Crippen LogP contribution in [0.1, 0.15) is 85.5 Å². The number of amides is 1. The van der Waals surface area contributed by atoms with E-state index >= 15 is 0 Å². The van der Waals surface area contributed by atoms with Crippen molar-refractivity contribution in [2.75, 3.05) is 39.5 Å². The van der Waals surface area contributed by atoms with Crippen LogP contribution < -0.4 is 10.6 Å². The first-order valence-corrected chi connectivity index (χ1v) is 14.2. The molecule has 0 aromatic carbocycles. The van der Waals surface area contributed by atoms with Gasteiger partial charge < -0.3 is 30.3 Å². The van der Waals surface area contributed by atoms with E-state index in [-0.39, 0.29) is 25.1 Å². The van der Waals surface area contributed by atoms with Crippen molar-refractivity contribution in [3.05, 3.63) is 49.6 Å². The van der Waals surface area contributed by atoms with Gasteiger partial charge in [-0.2, -0.15) is 0 Å². The number of hydrogen-bond acceptors (Lipinski definition) is 8. The lowest BCUT2D eigenvalue weighted by Gasteiger charge is -2.05. The number of unbranched alkanes of at least 4 members (excludes halogenated alkanes) is 6. The molecule has 0 fully saturated rings. The summed E-state index contributed by atoms with van der Waals surface area (Å²) in [5, 5.41) is 21.8. The summed E-state index contributed by atoms with van der Waals surface area (Å²) in [5.41, 5.74) is 0.839. The summed E-state index contributed by atoms with van der Waals surface area (Å²) in [6.07, 6.45) is 12.5. The fourth-order valence-electron chi connectivity index (χ4n) is 2.31. The molecule has 0 rings (SSSR count). The number of hydrogen-bond donors (Lipinski definition) is 4. The Labute approximate surface area is 248 Å². The minimum atomic E-state index is -0.981. The van der Waals surface area contributed by atoms with Gasteiger partial charge in [0.2, 0.25) is 5.91 Å². The molecule has 10 nitrogen and oxygen atoms in total. The monoisotopic (exact) mass is 584 g/mol. The molecule has 0 aliphatic rings. The van der Waals surface area contributed by atoms with E-state index in [0.717, 1.165) is 38.6 Å². The Hall–Kier alpha value is -3.24. The molecule has 1 amide bonds. The third kappa shape index (κ3) is 46.9. The zero-order valence-corrected chi connectivity index (χ0v) is 25.9. The van der Waals surface area contributed by atoms with Gasteiger partial charge in [0.05, 0.1) is 6.61 Å². The van der Waals surface area contributed by atoms with Gasteiger partial charge in [-0.25, -0.2) is 14.4 Å². The highest BCUT2D eigenvalue weighted by atomic mass is 16.5. The zero-order chi connectivity index (χ0) is 32.3. The van der Waals surface area contributed by atoms with Crippen LogP contribution in [0.2, 0.25) is 0 Å². The molecule has 0 spiro atoms. The number of aliphatic carboxylic acids is 1. The van der Waals surface area contributed by atoms with E-state index in [9.17, 15) is 19.2 Å². The summed E-state index contributed by atoms with van der Waals surface area (Å²) in [7, 11) is 0. The number of nitrogens with one attached hydrogen (secondary N) is 2. The Morgan fingerprint density at radius 2 is 1.20 bits per heavy atom. The van der Waals surface area contributed by atoms with Crippen LogP contribution in [0.3, 0.4) is 0 Å². The number of aliphatic hydroxyl groups is 1. The first-order chi connectivity index (χ1) is 19.4. The Morgan fingerprint density at radius 1 is 0.707 bits per heavy atom. The standard InChI is InChI=1S/C11H21NO.C10H19NO2.C7H12O3.C3H4O2/c1-3-5-6-7-8-9-10-12-11(13)4-2;1-4-5-6-11-7-8-13-10(12)9(2)3;1-6(2)7(9)10-5-3-4-8;1-2-3(4)5/h4H,2-3,5-10H2,1H3,(H,12,13);11H,2,4-8H2,1,3H3;8H,1,3-5H2,2H3;2H,1H2,(H,4,5). The Kier molecular flexibility index (Phi) is 40.1. The maximum absolute atomic E-state index is 10.9. The van der Waals surface area contributed by atoms with Gasteiger partial charge in [0, 0.05) is 43.3 Å². The number of ether oxygens (including phenoxy) is 2. The highest BCUT2D eigenvalue weighted by molar-refractivity contribution is 5.87. The second-order valence-electron chi connectivity index (χ2n) is 8.82. The molecule has 0 aromatic rings. The molecule has 238 valence electrons. The van der Waals surface area contributed by atoms with Crippen LogP contribution in [-0.2, 0) is 28.7 Å². The van der Waals surface area contributed by atoms with Gasteiger partial charge in [0.25, 0.3) is 0 Å². The molecule has 4 N–H and O–H groups in total. The van der Waals surface area contributed by atoms with E-state index < -0.39 is 11.9 Å². The normalized spacial score (nSPS) is 9.10. The molecule has 0 bridgehead atoms. The maximum Gasteiger partial charge on any atom is 0.333 e. The van der Waals surface area contributed by atoms with Gasteiger partial charge in [-0.15, -0.1) is 0 Å². The van der Waals surface area contributed by atoms with Crippen molar-refractivity contribution < 1.29 is 38.9 Å². The van der Waals surface area contributed by atoms with Gasteiger partial charge in [-0.3, -0.25) is 4.79 Å². The van der Waals surface area contributed by atoms with Crippen LogP contribution >= 0.6 is 0 Å². The SMILES string of the molecule is C=C(C)C(=O)OCCCO.C=C(C)C(=O)OCCNCCCC.C=CC(=O)NCCCCCCCC.C=CC(=O)O. The smallest absolute Gasteiger partial charge is 0.333 e. The Balaban J connectivity index is -0.000000233. The van der Waals surface area contributed by atoms with E-state index in [1.807, 2.05) is 0 Å². The highest BCUT2D eigenvalue weighted by Crippen LogP contribution is 2.03. The Bertz CT molecular complexity index is 734. The predicted molar refractivity (Wildman–Crippen MR) is 165 cm³/mol. The van der Waals surface area contributed by atoms with Crippen molar-refractivity contribution in [1.29, 1.82) is 0 Å². The molecule has 0 atom stereocenters. The number of carboxylic acids is 1. The lowest BCUT2D eigenvalue weighted by Crippen LogP contribution is -2.22. The topological polar surface area (TPSA) is 151 Å². The number of aliphatic hydroxyl groups excluding tert-OH is 1. The summed E-state index contributed by atoms with van der Waals surface area (Å²) in [6.45, 7) is 24.1. The van der Waals surface area contributed by atoms with Gasteiger partial charge in [0.15, 0.2) is 0 Å². The van der Waals surface area contributed by atoms with Crippen LogP contribution in [0, 0.1) is 0 Å². The Morgan fingerprint density at radius 3 is 1.63 bits per heavy atom. The average Bonchev–Trinajstić information content (AvgIpc) is 2.95. The van der Waals surface area contributed by atoms with Gasteiger partial charge in [-0.1, -0.05) is 78.7 Å². The second-order valence-corrected chi connectivity index (χ2v) is 8.82. The minimum Gasteiger partial charge on any atom is -0.478 e. The first-order valence-electron chi connectivity index (χ1n) is 14.2. The van der Waals surface area contributed by atoms with Crippen LogP contribution in [0.15, 0.2) is 49.6 Å². The van der Waals surface area contributed by atoms with Gasteiger partial charge >= 0.3 is 17.9 Å². The number of rotatable bonds is 20. The maximum atomic E-state index is 10.9. The zero-order valence-electron chi connectivity index (χ0n) is 25.9. The fraction of sp³-hybridized carbons (Fsp3) is 0.613.